The van der Waals surface area contributed by atoms with E-state index in [-0.39, 0.29) is 24.4 Å². The molecule has 0 spiro atoms. The molecule has 1 atom stereocenters. The van der Waals surface area contributed by atoms with E-state index in [0.29, 0.717) is 36.2 Å². The molecule has 0 radical (unpaired) electrons. The predicted octanol–water partition coefficient (Wildman–Crippen LogP) is 4.41. The third-order valence-electron chi connectivity index (χ3n) is 5.09. The van der Waals surface area contributed by atoms with Crippen LogP contribution in [0.25, 0.3) is 0 Å². The van der Waals surface area contributed by atoms with Crippen molar-refractivity contribution in [1.29, 1.82) is 0 Å². The Morgan fingerprint density at radius 3 is 2.76 bits per heavy atom. The molecule has 29 heavy (non-hydrogen) atoms. The normalized spacial score (nSPS) is 15.9. The van der Waals surface area contributed by atoms with Crippen LogP contribution in [0, 0.1) is 0 Å². The number of hydrogen-bond donors (Lipinski definition) is 0. The molecule has 5 nitrogen and oxygen atoms in total. The number of amides is 2. The zero-order valence-corrected chi connectivity index (χ0v) is 18.8. The van der Waals surface area contributed by atoms with Crippen molar-refractivity contribution >= 4 is 46.4 Å². The van der Waals surface area contributed by atoms with E-state index in [4.69, 9.17) is 27.9 Å². The summed E-state index contributed by atoms with van der Waals surface area (Å²) in [7, 11) is 1.62. The number of halogens is 2. The molecule has 1 aliphatic heterocycles. The van der Waals surface area contributed by atoms with Crippen LogP contribution >= 0.6 is 34.5 Å². The van der Waals surface area contributed by atoms with Gasteiger partial charge in [-0.25, -0.2) is 0 Å². The molecule has 0 saturated heterocycles. The summed E-state index contributed by atoms with van der Waals surface area (Å²) in [5.74, 6) is -0.214. The van der Waals surface area contributed by atoms with Crippen LogP contribution in [-0.4, -0.2) is 55.0 Å². The summed E-state index contributed by atoms with van der Waals surface area (Å²) in [4.78, 5) is 30.0. The summed E-state index contributed by atoms with van der Waals surface area (Å²) in [5, 5.41) is 3.13. The second-order valence-electron chi connectivity index (χ2n) is 6.99. The van der Waals surface area contributed by atoms with Crippen LogP contribution in [0.15, 0.2) is 29.6 Å². The van der Waals surface area contributed by atoms with E-state index in [1.807, 2.05) is 16.3 Å². The lowest BCUT2D eigenvalue weighted by Gasteiger charge is -2.38. The molecule has 2 amide bonds. The van der Waals surface area contributed by atoms with Crippen molar-refractivity contribution in [1.82, 2.24) is 9.80 Å². The fraction of sp³-hybridized carbons (Fsp3) is 0.429. The lowest BCUT2D eigenvalue weighted by Crippen LogP contribution is -2.46. The summed E-state index contributed by atoms with van der Waals surface area (Å²) in [6, 6.07) is 7.14. The maximum absolute atomic E-state index is 13.3. The first-order valence-electron chi connectivity index (χ1n) is 9.47. The minimum atomic E-state index is -0.282. The zero-order valence-electron chi connectivity index (χ0n) is 16.5. The Morgan fingerprint density at radius 1 is 1.28 bits per heavy atom. The molecule has 1 aliphatic rings. The number of nitrogens with zero attached hydrogens (tertiary/aromatic N) is 2. The molecule has 0 aliphatic carbocycles. The summed E-state index contributed by atoms with van der Waals surface area (Å²) >= 11 is 14.3. The number of benzene rings is 1. The van der Waals surface area contributed by atoms with E-state index in [0.717, 1.165) is 17.5 Å². The van der Waals surface area contributed by atoms with Gasteiger partial charge >= 0.3 is 0 Å². The average molecular weight is 455 g/mol. The highest BCUT2D eigenvalue weighted by molar-refractivity contribution is 7.10. The second-order valence-corrected chi connectivity index (χ2v) is 8.84. The molecule has 1 aromatic heterocycles. The van der Waals surface area contributed by atoms with Crippen LogP contribution in [0.2, 0.25) is 10.0 Å². The van der Waals surface area contributed by atoms with Crippen molar-refractivity contribution in [3.8, 4) is 0 Å². The van der Waals surface area contributed by atoms with Crippen molar-refractivity contribution in [3.05, 3.63) is 55.7 Å². The fourth-order valence-corrected chi connectivity index (χ4v) is 5.06. The minimum absolute atomic E-state index is 0.0419. The van der Waals surface area contributed by atoms with Crippen molar-refractivity contribution in [3.63, 3.8) is 0 Å². The van der Waals surface area contributed by atoms with Gasteiger partial charge in [-0.1, -0.05) is 29.3 Å². The van der Waals surface area contributed by atoms with Crippen LogP contribution < -0.4 is 0 Å². The van der Waals surface area contributed by atoms with Crippen LogP contribution in [0.5, 0.6) is 0 Å². The molecule has 2 aromatic rings. The predicted molar refractivity (Wildman–Crippen MR) is 117 cm³/mol. The smallest absolute Gasteiger partial charge is 0.242 e. The molecule has 2 heterocycles. The molecule has 1 aromatic carbocycles. The van der Waals surface area contributed by atoms with E-state index < -0.39 is 0 Å². The number of carbonyl (C=O) groups is 2. The molecule has 0 N–H and O–H groups in total. The summed E-state index contributed by atoms with van der Waals surface area (Å²) in [6.07, 6.45) is 1.48. The van der Waals surface area contributed by atoms with E-state index in [1.165, 1.54) is 11.8 Å². The summed E-state index contributed by atoms with van der Waals surface area (Å²) in [6.45, 7) is 3.14. The fourth-order valence-electron chi connectivity index (χ4n) is 3.65. The number of rotatable bonds is 7. The Labute approximate surface area is 185 Å². The number of fused-ring (bicyclic) bond motifs is 1. The zero-order chi connectivity index (χ0) is 21.0. The first-order chi connectivity index (χ1) is 13.9. The van der Waals surface area contributed by atoms with Crippen molar-refractivity contribution < 1.29 is 14.3 Å². The molecule has 0 saturated carbocycles. The Kier molecular flexibility index (Phi) is 7.57. The molecule has 3 rings (SSSR count). The van der Waals surface area contributed by atoms with Crippen LogP contribution in [0.4, 0.5) is 0 Å². The lowest BCUT2D eigenvalue weighted by molar-refractivity contribution is -0.140. The van der Waals surface area contributed by atoms with Gasteiger partial charge in [0, 0.05) is 48.7 Å². The molecule has 8 heteroatoms. The van der Waals surface area contributed by atoms with E-state index in [1.54, 1.807) is 35.5 Å². The van der Waals surface area contributed by atoms with Crippen LogP contribution in [-0.2, 0) is 20.7 Å². The van der Waals surface area contributed by atoms with Gasteiger partial charge in [0.05, 0.1) is 12.6 Å². The maximum Gasteiger partial charge on any atom is 0.242 e. The van der Waals surface area contributed by atoms with E-state index in [2.05, 4.69) is 6.07 Å². The molecule has 156 valence electrons. The highest BCUT2D eigenvalue weighted by Crippen LogP contribution is 2.41. The lowest BCUT2D eigenvalue weighted by atomic mass is 9.93. The minimum Gasteiger partial charge on any atom is -0.385 e. The standard InChI is InChI=1S/C21H24Cl2N2O3S/c1-14(26)24(8-3-10-28-2)13-20(27)25-9-6-19-17(7-11-29-19)21(25)16-5-4-15(22)12-18(16)23/h4-5,7,11-12,21H,3,6,8-10,13H2,1-2H3. The van der Waals surface area contributed by atoms with Gasteiger partial charge in [-0.15, -0.1) is 11.3 Å². The van der Waals surface area contributed by atoms with Crippen molar-refractivity contribution in [2.24, 2.45) is 0 Å². The van der Waals surface area contributed by atoms with Crippen molar-refractivity contribution in [2.75, 3.05) is 33.4 Å². The van der Waals surface area contributed by atoms with Gasteiger partial charge in [-0.05, 0) is 47.5 Å². The largest absolute Gasteiger partial charge is 0.385 e. The molecule has 0 fully saturated rings. The topological polar surface area (TPSA) is 49.9 Å². The van der Waals surface area contributed by atoms with Gasteiger partial charge in [0.15, 0.2) is 0 Å². The SMILES string of the molecule is COCCCN(CC(=O)N1CCc2sccc2C1c1ccc(Cl)cc1Cl)C(C)=O. The monoisotopic (exact) mass is 454 g/mol. The average Bonchev–Trinajstić information content (AvgIpc) is 3.15. The first kappa shape index (κ1) is 22.1. The summed E-state index contributed by atoms with van der Waals surface area (Å²) < 4.78 is 5.06. The highest BCUT2D eigenvalue weighted by Gasteiger charge is 2.34. The maximum atomic E-state index is 13.3. The molecule has 1 unspecified atom stereocenters. The molecular weight excluding hydrogens is 431 g/mol. The van der Waals surface area contributed by atoms with E-state index in [9.17, 15) is 9.59 Å². The van der Waals surface area contributed by atoms with Gasteiger partial charge in [-0.2, -0.15) is 0 Å². The summed E-state index contributed by atoms with van der Waals surface area (Å²) in [5.41, 5.74) is 1.94. The Morgan fingerprint density at radius 2 is 2.07 bits per heavy atom. The Balaban J connectivity index is 1.88. The van der Waals surface area contributed by atoms with E-state index >= 15 is 0 Å². The van der Waals surface area contributed by atoms with Gasteiger partial charge in [0.25, 0.3) is 0 Å². The third-order valence-corrected chi connectivity index (χ3v) is 6.65. The number of hydrogen-bond acceptors (Lipinski definition) is 4. The molecular formula is C21H24Cl2N2O3S. The Bertz CT molecular complexity index is 887. The molecule has 0 bridgehead atoms. The van der Waals surface area contributed by atoms with Crippen LogP contribution in [0.1, 0.15) is 35.4 Å². The highest BCUT2D eigenvalue weighted by atomic mass is 35.5. The number of ether oxygens (including phenoxy) is 1. The number of thiophene rings is 1. The van der Waals surface area contributed by atoms with Gasteiger partial charge < -0.3 is 14.5 Å². The Hall–Kier alpha value is -1.60. The van der Waals surface area contributed by atoms with Crippen LogP contribution in [0.3, 0.4) is 0 Å². The number of methoxy groups -OCH3 is 1. The van der Waals surface area contributed by atoms with Crippen molar-refractivity contribution in [2.45, 2.75) is 25.8 Å². The van der Waals surface area contributed by atoms with Gasteiger partial charge in [0.2, 0.25) is 11.8 Å². The second kappa shape index (κ2) is 9.94. The van der Waals surface area contributed by atoms with Gasteiger partial charge in [0.1, 0.15) is 0 Å². The quantitative estimate of drug-likeness (QED) is 0.581. The van der Waals surface area contributed by atoms with Gasteiger partial charge in [-0.3, -0.25) is 9.59 Å². The number of carbonyl (C=O) groups excluding carboxylic acids is 2. The first-order valence-corrected chi connectivity index (χ1v) is 11.1. The third kappa shape index (κ3) is 5.12.